The minimum Gasteiger partial charge on any atom is -0.489 e. The van der Waals surface area contributed by atoms with E-state index in [1.807, 2.05) is 30.3 Å². The molecular formula is C23H28ClNO2. The third-order valence-corrected chi connectivity index (χ3v) is 6.47. The minimum atomic E-state index is -0.128. The van der Waals surface area contributed by atoms with Crippen molar-refractivity contribution in [1.82, 2.24) is 4.90 Å². The Morgan fingerprint density at radius 2 is 1.85 bits per heavy atom. The lowest BCUT2D eigenvalue weighted by atomic mass is 9.76. The molecule has 144 valence electrons. The highest BCUT2D eigenvalue weighted by Crippen LogP contribution is 2.45. The van der Waals surface area contributed by atoms with Gasteiger partial charge in [0, 0.05) is 29.1 Å². The van der Waals surface area contributed by atoms with E-state index < -0.39 is 0 Å². The molecule has 0 bridgehead atoms. The molecule has 0 radical (unpaired) electrons. The smallest absolute Gasteiger partial charge is 0.124 e. The maximum Gasteiger partial charge on any atom is 0.124 e. The van der Waals surface area contributed by atoms with Crippen molar-refractivity contribution in [3.05, 3.63) is 64.7 Å². The summed E-state index contributed by atoms with van der Waals surface area (Å²) in [6.07, 6.45) is 5.50. The lowest BCUT2D eigenvalue weighted by Gasteiger charge is -2.42. The monoisotopic (exact) mass is 385 g/mol. The van der Waals surface area contributed by atoms with Crippen molar-refractivity contribution in [1.29, 1.82) is 0 Å². The maximum atomic E-state index is 10.5. The van der Waals surface area contributed by atoms with Gasteiger partial charge in [0.05, 0.1) is 6.10 Å². The van der Waals surface area contributed by atoms with Gasteiger partial charge < -0.3 is 9.84 Å². The summed E-state index contributed by atoms with van der Waals surface area (Å²) in [6.45, 7) is 3.52. The molecule has 2 fully saturated rings. The fourth-order valence-electron chi connectivity index (χ4n) is 4.75. The quantitative estimate of drug-likeness (QED) is 0.782. The number of ether oxygens (including phenoxy) is 1. The van der Waals surface area contributed by atoms with Crippen molar-refractivity contribution in [3.63, 3.8) is 0 Å². The number of hydrogen-bond acceptors (Lipinski definition) is 3. The van der Waals surface area contributed by atoms with Crippen LogP contribution in [0.25, 0.3) is 0 Å². The Morgan fingerprint density at radius 3 is 2.63 bits per heavy atom. The van der Waals surface area contributed by atoms with Gasteiger partial charge in [-0.25, -0.2) is 0 Å². The second-order valence-electron chi connectivity index (χ2n) is 8.11. The lowest BCUT2D eigenvalue weighted by Crippen LogP contribution is -2.46. The summed E-state index contributed by atoms with van der Waals surface area (Å²) in [5, 5.41) is 11.3. The van der Waals surface area contributed by atoms with Crippen molar-refractivity contribution in [2.75, 3.05) is 13.1 Å². The van der Waals surface area contributed by atoms with E-state index in [1.54, 1.807) is 0 Å². The molecule has 1 spiro atoms. The van der Waals surface area contributed by atoms with Crippen LogP contribution in [0, 0.1) is 5.41 Å². The molecule has 2 aromatic carbocycles. The second kappa shape index (κ2) is 8.22. The molecule has 0 aromatic heterocycles. The molecule has 1 aliphatic carbocycles. The molecule has 3 nitrogen and oxygen atoms in total. The Labute approximate surface area is 166 Å². The zero-order valence-electron chi connectivity index (χ0n) is 15.7. The van der Waals surface area contributed by atoms with Crippen molar-refractivity contribution in [2.24, 2.45) is 5.41 Å². The van der Waals surface area contributed by atoms with Gasteiger partial charge in [0.1, 0.15) is 12.4 Å². The van der Waals surface area contributed by atoms with Gasteiger partial charge in [-0.15, -0.1) is 0 Å². The van der Waals surface area contributed by atoms with E-state index >= 15 is 0 Å². The molecule has 1 heterocycles. The van der Waals surface area contributed by atoms with Crippen LogP contribution in [-0.2, 0) is 13.2 Å². The molecule has 2 aliphatic rings. The van der Waals surface area contributed by atoms with E-state index in [4.69, 9.17) is 16.3 Å². The summed E-state index contributed by atoms with van der Waals surface area (Å²) in [4.78, 5) is 2.50. The number of hydrogen-bond donors (Lipinski definition) is 1. The van der Waals surface area contributed by atoms with Gasteiger partial charge in [-0.2, -0.15) is 0 Å². The first kappa shape index (κ1) is 18.8. The van der Waals surface area contributed by atoms with Crippen LogP contribution in [-0.4, -0.2) is 29.2 Å². The molecule has 1 N–H and O–H groups in total. The number of rotatable bonds is 5. The number of nitrogens with zero attached hydrogens (tertiary/aromatic N) is 1. The molecule has 1 saturated heterocycles. The van der Waals surface area contributed by atoms with Crippen LogP contribution in [0.2, 0.25) is 5.02 Å². The third-order valence-electron chi connectivity index (χ3n) is 6.22. The highest BCUT2D eigenvalue weighted by atomic mass is 35.5. The van der Waals surface area contributed by atoms with E-state index in [0.29, 0.717) is 6.61 Å². The van der Waals surface area contributed by atoms with Gasteiger partial charge in [0.15, 0.2) is 0 Å². The van der Waals surface area contributed by atoms with Gasteiger partial charge in [0.25, 0.3) is 0 Å². The van der Waals surface area contributed by atoms with Crippen molar-refractivity contribution < 1.29 is 9.84 Å². The fourth-order valence-corrected chi connectivity index (χ4v) is 4.87. The Balaban J connectivity index is 1.42. The number of aliphatic hydroxyl groups excluding tert-OH is 1. The third kappa shape index (κ3) is 4.31. The van der Waals surface area contributed by atoms with Crippen LogP contribution in [0.3, 0.4) is 0 Å². The largest absolute Gasteiger partial charge is 0.489 e. The van der Waals surface area contributed by atoms with Gasteiger partial charge in [0.2, 0.25) is 0 Å². The average Bonchev–Trinajstić information content (AvgIpc) is 3.02. The Bertz CT molecular complexity index is 763. The summed E-state index contributed by atoms with van der Waals surface area (Å²) >= 11 is 5.96. The van der Waals surface area contributed by atoms with Gasteiger partial charge in [-0.3, -0.25) is 4.90 Å². The molecule has 2 atom stereocenters. The van der Waals surface area contributed by atoms with E-state index in [1.165, 1.54) is 24.8 Å². The number of benzene rings is 2. The first-order valence-corrected chi connectivity index (χ1v) is 10.4. The first-order chi connectivity index (χ1) is 13.1. The summed E-state index contributed by atoms with van der Waals surface area (Å²) in [5.74, 6) is 0.944. The lowest BCUT2D eigenvalue weighted by molar-refractivity contribution is -0.0122. The summed E-state index contributed by atoms with van der Waals surface area (Å²) in [6, 6.07) is 16.1. The van der Waals surface area contributed by atoms with E-state index in [2.05, 4.69) is 23.1 Å². The van der Waals surface area contributed by atoms with Crippen LogP contribution in [0.5, 0.6) is 5.75 Å². The van der Waals surface area contributed by atoms with Crippen LogP contribution in [0.4, 0.5) is 0 Å². The van der Waals surface area contributed by atoms with Crippen molar-refractivity contribution >= 4 is 11.6 Å². The molecule has 0 unspecified atom stereocenters. The summed E-state index contributed by atoms with van der Waals surface area (Å²) in [7, 11) is 0. The van der Waals surface area contributed by atoms with Gasteiger partial charge >= 0.3 is 0 Å². The van der Waals surface area contributed by atoms with Crippen LogP contribution >= 0.6 is 11.6 Å². The van der Waals surface area contributed by atoms with Crippen LogP contribution < -0.4 is 4.74 Å². The van der Waals surface area contributed by atoms with Crippen LogP contribution in [0.1, 0.15) is 43.2 Å². The number of para-hydroxylation sites is 1. The first-order valence-electron chi connectivity index (χ1n) is 10.0. The Morgan fingerprint density at radius 1 is 1.07 bits per heavy atom. The van der Waals surface area contributed by atoms with Crippen molar-refractivity contribution in [3.8, 4) is 5.75 Å². The molecule has 27 heavy (non-hydrogen) atoms. The van der Waals surface area contributed by atoms with Gasteiger partial charge in [-0.1, -0.05) is 48.4 Å². The molecule has 4 rings (SSSR count). The Kier molecular flexibility index (Phi) is 5.72. The van der Waals surface area contributed by atoms with E-state index in [9.17, 15) is 5.11 Å². The molecule has 0 amide bonds. The predicted octanol–water partition coefficient (Wildman–Crippen LogP) is 5.05. The number of aliphatic hydroxyl groups is 1. The fraction of sp³-hybridized carbons (Fsp3) is 0.478. The highest BCUT2D eigenvalue weighted by molar-refractivity contribution is 6.30. The average molecular weight is 386 g/mol. The number of halogens is 1. The van der Waals surface area contributed by atoms with E-state index in [-0.39, 0.29) is 11.5 Å². The SMILES string of the molecule is O[C@@H]1CCC[C@]12CCCN(Cc1ccccc1OCc1ccc(Cl)cc1)C2. The van der Waals surface area contributed by atoms with Crippen molar-refractivity contribution in [2.45, 2.75) is 51.4 Å². The standard InChI is InChI=1S/C23H28ClNO2/c24-20-10-8-18(9-11-20)16-27-21-6-2-1-5-19(21)15-25-14-4-13-23(17-25)12-3-7-22(23)26/h1-2,5-6,8-11,22,26H,3-4,7,12-17H2/t22-,23-/m1/s1. The molecule has 4 heteroatoms. The van der Waals surface area contributed by atoms with Gasteiger partial charge in [-0.05, 0) is 56.0 Å². The zero-order chi connectivity index (χ0) is 18.7. The maximum absolute atomic E-state index is 10.5. The topological polar surface area (TPSA) is 32.7 Å². The molecule has 1 saturated carbocycles. The molecule has 2 aromatic rings. The summed E-state index contributed by atoms with van der Waals surface area (Å²) in [5.41, 5.74) is 2.45. The predicted molar refractivity (Wildman–Crippen MR) is 109 cm³/mol. The zero-order valence-corrected chi connectivity index (χ0v) is 16.5. The normalized spacial score (nSPS) is 25.8. The Hall–Kier alpha value is -1.55. The highest BCUT2D eigenvalue weighted by Gasteiger charge is 2.44. The van der Waals surface area contributed by atoms with E-state index in [0.717, 1.165) is 48.8 Å². The summed E-state index contributed by atoms with van der Waals surface area (Å²) < 4.78 is 6.12. The minimum absolute atomic E-state index is 0.122. The molecule has 1 aliphatic heterocycles. The number of piperidine rings is 1. The number of likely N-dealkylation sites (tertiary alicyclic amines) is 1. The molecular weight excluding hydrogens is 358 g/mol. The van der Waals surface area contributed by atoms with Crippen LogP contribution in [0.15, 0.2) is 48.5 Å². The second-order valence-corrected chi connectivity index (χ2v) is 8.54.